The quantitative estimate of drug-likeness (QED) is 0.873. The van der Waals surface area contributed by atoms with Crippen molar-refractivity contribution in [1.29, 1.82) is 0 Å². The summed E-state index contributed by atoms with van der Waals surface area (Å²) in [6.45, 7) is 0.887. The number of rotatable bonds is 5. The van der Waals surface area contributed by atoms with Crippen LogP contribution < -0.4 is 5.32 Å². The standard InChI is InChI=1S/C17H20N2O2/c20-17(21)16-11-15(13-7-3-4-8-14(13)19-16)18-10-9-12-5-1-2-6-12/h3-4,7-8,11-12H,1-2,5-6,9-10H2,(H,18,19)(H,20,21). The second-order valence-electron chi connectivity index (χ2n) is 5.74. The largest absolute Gasteiger partial charge is 0.477 e. The van der Waals surface area contributed by atoms with Crippen molar-refractivity contribution in [2.24, 2.45) is 5.92 Å². The zero-order valence-corrected chi connectivity index (χ0v) is 12.0. The van der Waals surface area contributed by atoms with E-state index in [0.717, 1.165) is 35.5 Å². The molecule has 0 atom stereocenters. The Balaban J connectivity index is 1.80. The monoisotopic (exact) mass is 284 g/mol. The third-order valence-corrected chi connectivity index (χ3v) is 4.28. The van der Waals surface area contributed by atoms with Crippen molar-refractivity contribution in [3.8, 4) is 0 Å². The van der Waals surface area contributed by atoms with Crippen molar-refractivity contribution in [1.82, 2.24) is 4.98 Å². The van der Waals surface area contributed by atoms with E-state index in [4.69, 9.17) is 0 Å². The molecule has 110 valence electrons. The maximum absolute atomic E-state index is 11.2. The van der Waals surface area contributed by atoms with E-state index in [2.05, 4.69) is 10.3 Å². The predicted molar refractivity (Wildman–Crippen MR) is 83.8 cm³/mol. The Bertz CT molecular complexity index is 648. The van der Waals surface area contributed by atoms with Crippen molar-refractivity contribution in [2.75, 3.05) is 11.9 Å². The van der Waals surface area contributed by atoms with Crippen LogP contribution in [0.3, 0.4) is 0 Å². The Kier molecular flexibility index (Phi) is 4.04. The average Bonchev–Trinajstić information content (AvgIpc) is 3.00. The van der Waals surface area contributed by atoms with Gasteiger partial charge in [-0.15, -0.1) is 0 Å². The van der Waals surface area contributed by atoms with E-state index in [1.807, 2.05) is 24.3 Å². The Morgan fingerprint density at radius 3 is 2.81 bits per heavy atom. The number of pyridine rings is 1. The van der Waals surface area contributed by atoms with Gasteiger partial charge in [-0.3, -0.25) is 0 Å². The van der Waals surface area contributed by atoms with Crippen LogP contribution in [0.4, 0.5) is 5.69 Å². The van der Waals surface area contributed by atoms with Crippen molar-refractivity contribution in [3.05, 3.63) is 36.0 Å². The number of nitrogens with zero attached hydrogens (tertiary/aromatic N) is 1. The number of benzene rings is 1. The molecule has 1 aliphatic rings. The molecule has 1 aliphatic carbocycles. The first-order valence-electron chi connectivity index (χ1n) is 7.61. The predicted octanol–water partition coefficient (Wildman–Crippen LogP) is 3.93. The summed E-state index contributed by atoms with van der Waals surface area (Å²) in [6, 6.07) is 9.30. The average molecular weight is 284 g/mol. The summed E-state index contributed by atoms with van der Waals surface area (Å²) in [5.74, 6) is -0.163. The molecule has 2 N–H and O–H groups in total. The Labute approximate surface area is 124 Å². The lowest BCUT2D eigenvalue weighted by Crippen LogP contribution is -2.09. The van der Waals surface area contributed by atoms with Gasteiger partial charge in [0.25, 0.3) is 0 Å². The van der Waals surface area contributed by atoms with E-state index in [-0.39, 0.29) is 5.69 Å². The van der Waals surface area contributed by atoms with Gasteiger partial charge in [-0.1, -0.05) is 43.9 Å². The van der Waals surface area contributed by atoms with Gasteiger partial charge in [0, 0.05) is 17.6 Å². The lowest BCUT2D eigenvalue weighted by atomic mass is 10.0. The molecule has 2 aromatic rings. The fraction of sp³-hybridized carbons (Fsp3) is 0.412. The number of anilines is 1. The summed E-state index contributed by atoms with van der Waals surface area (Å²) >= 11 is 0. The number of carbonyl (C=O) groups is 1. The molecule has 0 radical (unpaired) electrons. The van der Waals surface area contributed by atoms with Crippen LogP contribution in [0.15, 0.2) is 30.3 Å². The van der Waals surface area contributed by atoms with Crippen molar-refractivity contribution >= 4 is 22.6 Å². The van der Waals surface area contributed by atoms with Gasteiger partial charge >= 0.3 is 5.97 Å². The van der Waals surface area contributed by atoms with Gasteiger partial charge in [-0.05, 0) is 24.5 Å². The Hall–Kier alpha value is -2.10. The van der Waals surface area contributed by atoms with Gasteiger partial charge in [0.1, 0.15) is 0 Å². The van der Waals surface area contributed by atoms with Crippen molar-refractivity contribution < 1.29 is 9.90 Å². The number of carboxylic acid groups (broad SMARTS) is 1. The van der Waals surface area contributed by atoms with E-state index >= 15 is 0 Å². The van der Waals surface area contributed by atoms with Crippen LogP contribution in [0.5, 0.6) is 0 Å². The summed E-state index contributed by atoms with van der Waals surface area (Å²) < 4.78 is 0. The third-order valence-electron chi connectivity index (χ3n) is 4.28. The summed E-state index contributed by atoms with van der Waals surface area (Å²) in [5, 5.41) is 13.6. The molecule has 0 unspecified atom stereocenters. The number of carboxylic acids is 1. The Morgan fingerprint density at radius 2 is 2.05 bits per heavy atom. The minimum absolute atomic E-state index is 0.0945. The molecule has 1 heterocycles. The molecule has 1 aromatic heterocycles. The van der Waals surface area contributed by atoms with Gasteiger partial charge in [-0.2, -0.15) is 0 Å². The van der Waals surface area contributed by atoms with Crippen LogP contribution in [0.1, 0.15) is 42.6 Å². The van der Waals surface area contributed by atoms with E-state index in [9.17, 15) is 9.90 Å². The fourth-order valence-corrected chi connectivity index (χ4v) is 3.14. The van der Waals surface area contributed by atoms with Gasteiger partial charge in [0.2, 0.25) is 0 Å². The zero-order chi connectivity index (χ0) is 14.7. The van der Waals surface area contributed by atoms with Crippen molar-refractivity contribution in [3.63, 3.8) is 0 Å². The smallest absolute Gasteiger partial charge is 0.354 e. The highest BCUT2D eigenvalue weighted by molar-refractivity contribution is 5.97. The Morgan fingerprint density at radius 1 is 1.29 bits per heavy atom. The number of para-hydroxylation sites is 1. The maximum Gasteiger partial charge on any atom is 0.354 e. The molecule has 3 rings (SSSR count). The maximum atomic E-state index is 11.2. The SMILES string of the molecule is O=C(O)c1cc(NCCC2CCCC2)c2ccccc2n1. The molecule has 1 saturated carbocycles. The van der Waals surface area contributed by atoms with E-state index in [1.54, 1.807) is 6.07 Å². The highest BCUT2D eigenvalue weighted by Gasteiger charge is 2.15. The highest BCUT2D eigenvalue weighted by Crippen LogP contribution is 2.28. The number of aromatic nitrogens is 1. The zero-order valence-electron chi connectivity index (χ0n) is 12.0. The molecule has 4 nitrogen and oxygen atoms in total. The lowest BCUT2D eigenvalue weighted by Gasteiger charge is -2.13. The summed E-state index contributed by atoms with van der Waals surface area (Å²) in [5.41, 5.74) is 1.69. The summed E-state index contributed by atoms with van der Waals surface area (Å²) in [7, 11) is 0. The third kappa shape index (κ3) is 3.15. The molecule has 0 spiro atoms. The van der Waals surface area contributed by atoms with Crippen LogP contribution in [0.25, 0.3) is 10.9 Å². The van der Waals surface area contributed by atoms with Gasteiger partial charge in [-0.25, -0.2) is 9.78 Å². The summed E-state index contributed by atoms with van der Waals surface area (Å²) in [4.78, 5) is 15.4. The van der Waals surface area contributed by atoms with Crippen LogP contribution in [-0.2, 0) is 0 Å². The minimum atomic E-state index is -0.986. The first-order valence-corrected chi connectivity index (χ1v) is 7.61. The number of hydrogen-bond donors (Lipinski definition) is 2. The molecule has 21 heavy (non-hydrogen) atoms. The molecule has 0 bridgehead atoms. The molecule has 0 amide bonds. The molecular formula is C17H20N2O2. The molecular weight excluding hydrogens is 264 g/mol. The number of aromatic carboxylic acids is 1. The van der Waals surface area contributed by atoms with Gasteiger partial charge in [0.05, 0.1) is 5.52 Å². The second-order valence-corrected chi connectivity index (χ2v) is 5.74. The van der Waals surface area contributed by atoms with Crippen LogP contribution in [0.2, 0.25) is 0 Å². The number of fused-ring (bicyclic) bond motifs is 1. The van der Waals surface area contributed by atoms with E-state index < -0.39 is 5.97 Å². The first-order chi connectivity index (χ1) is 10.2. The molecule has 0 aliphatic heterocycles. The number of nitrogens with one attached hydrogen (secondary N) is 1. The molecule has 1 aromatic carbocycles. The van der Waals surface area contributed by atoms with Gasteiger partial charge in [0.15, 0.2) is 5.69 Å². The second kappa shape index (κ2) is 6.12. The lowest BCUT2D eigenvalue weighted by molar-refractivity contribution is 0.0691. The highest BCUT2D eigenvalue weighted by atomic mass is 16.4. The molecule has 0 saturated heterocycles. The first kappa shape index (κ1) is 13.9. The summed E-state index contributed by atoms with van der Waals surface area (Å²) in [6.07, 6.45) is 6.52. The van der Waals surface area contributed by atoms with Crippen LogP contribution in [0, 0.1) is 5.92 Å². The van der Waals surface area contributed by atoms with Crippen LogP contribution >= 0.6 is 0 Å². The van der Waals surface area contributed by atoms with E-state index in [0.29, 0.717) is 0 Å². The van der Waals surface area contributed by atoms with Crippen molar-refractivity contribution in [2.45, 2.75) is 32.1 Å². The van der Waals surface area contributed by atoms with Gasteiger partial charge < -0.3 is 10.4 Å². The normalized spacial score (nSPS) is 15.4. The number of hydrogen-bond acceptors (Lipinski definition) is 3. The molecule has 4 heteroatoms. The topological polar surface area (TPSA) is 62.2 Å². The van der Waals surface area contributed by atoms with E-state index in [1.165, 1.54) is 25.7 Å². The minimum Gasteiger partial charge on any atom is -0.477 e. The molecule has 1 fully saturated rings. The fourth-order valence-electron chi connectivity index (χ4n) is 3.14. The van der Waals surface area contributed by atoms with Crippen LogP contribution in [-0.4, -0.2) is 22.6 Å².